The molecular formula is C12H31Cl2O15P2Zr2+. The number of hydrogen-bond acceptors (Lipinski definition) is 7. The first-order chi connectivity index (χ1) is 10.8. The molecule has 2 aromatic rings. The predicted octanol–water partition coefficient (Wildman–Crippen LogP) is -3.01. The van der Waals surface area contributed by atoms with Crippen molar-refractivity contribution in [1.29, 1.82) is 0 Å². The standard InChI is InChI=1S/C6H5O3P.C6H7O3P.2ClH.8H2O.O.2Zr/c7-9-10(8)6-4-2-1-3-5-6;7-8-9-10-6-4-2-1-3-5-6;;;;;;;;;;;;;/h1-5H;1-5,7,10H;2*1H;8*1H2;;;/p+1. The van der Waals surface area contributed by atoms with E-state index in [1.54, 1.807) is 30.3 Å². The third-order valence-electron chi connectivity index (χ3n) is 2.01. The van der Waals surface area contributed by atoms with Crippen molar-refractivity contribution in [1.82, 2.24) is 0 Å². The Morgan fingerprint density at radius 1 is 0.697 bits per heavy atom. The van der Waals surface area contributed by atoms with Crippen LogP contribution in [0.15, 0.2) is 60.7 Å². The van der Waals surface area contributed by atoms with Crippen molar-refractivity contribution in [3.8, 4) is 0 Å². The summed E-state index contributed by atoms with van der Waals surface area (Å²) in [5.41, 5.74) is 0. The fraction of sp³-hybridized carbons (Fsp3) is 0. The molecule has 21 heteroatoms. The second-order valence-corrected chi connectivity index (χ2v) is 5.44. The van der Waals surface area contributed by atoms with Crippen molar-refractivity contribution in [3.05, 3.63) is 60.7 Å². The fourth-order valence-corrected chi connectivity index (χ4v) is 2.14. The van der Waals surface area contributed by atoms with Gasteiger partial charge in [-0.2, -0.15) is 4.67 Å². The Hall–Kier alpha value is 0.596. The summed E-state index contributed by atoms with van der Waals surface area (Å²) in [5.74, 6) is 0. The smallest absolute Gasteiger partial charge is 0 e. The molecule has 0 amide bonds. The molecule has 2 unspecified atom stereocenters. The molecule has 2 aromatic carbocycles. The van der Waals surface area contributed by atoms with Gasteiger partial charge in [0.2, 0.25) is 5.30 Å². The summed E-state index contributed by atoms with van der Waals surface area (Å²) in [5, 5.41) is 20.7. The van der Waals surface area contributed by atoms with Crippen LogP contribution in [0.2, 0.25) is 0 Å². The van der Waals surface area contributed by atoms with E-state index in [0.29, 0.717) is 30.0 Å². The first-order valence-electron chi connectivity index (χ1n) is 5.60. The van der Waals surface area contributed by atoms with Gasteiger partial charge < -0.3 is 43.8 Å². The Balaban J connectivity index is -0.0000000189. The second-order valence-electron chi connectivity index (χ2n) is 3.30. The molecule has 0 saturated carbocycles. The molecule has 0 fully saturated rings. The van der Waals surface area contributed by atoms with E-state index >= 15 is 0 Å². The zero-order valence-electron chi connectivity index (χ0n) is 16.5. The van der Waals surface area contributed by atoms with Gasteiger partial charge in [0.05, 0.1) is 8.81 Å². The fourth-order valence-electron chi connectivity index (χ4n) is 1.17. The molecule has 0 aliphatic rings. The van der Waals surface area contributed by atoms with Crippen LogP contribution in [-0.4, -0.2) is 54.3 Å². The zero-order chi connectivity index (χ0) is 16.6. The Kier molecular flexibility index (Phi) is 136. The van der Waals surface area contributed by atoms with Gasteiger partial charge in [-0.3, -0.25) is 0 Å². The topological polar surface area (TPSA) is 354 Å². The van der Waals surface area contributed by atoms with Crippen molar-refractivity contribution < 1.29 is 127 Å². The molecule has 33 heavy (non-hydrogen) atoms. The minimum Gasteiger partial charge on any atom is 0 e. The van der Waals surface area contributed by atoms with Gasteiger partial charge in [-0.25, -0.2) is 10.5 Å². The summed E-state index contributed by atoms with van der Waals surface area (Å²) in [6, 6.07) is 18.0. The molecule has 0 aliphatic carbocycles. The molecule has 2 rings (SSSR count). The zero-order valence-corrected chi connectivity index (χ0v) is 24.9. The van der Waals surface area contributed by atoms with Gasteiger partial charge in [-0.1, -0.05) is 53.6 Å². The molecule has 0 heterocycles. The van der Waals surface area contributed by atoms with Gasteiger partial charge in [-0.15, -0.1) is 24.8 Å². The first-order valence-corrected chi connectivity index (χ1v) is 8.69. The minimum absolute atomic E-state index is 0. The number of halogens is 2. The van der Waals surface area contributed by atoms with Crippen LogP contribution in [0.5, 0.6) is 0 Å². The second kappa shape index (κ2) is 58.4. The third kappa shape index (κ3) is 43.1. The SMILES string of the molecule is Cl.Cl.O.O.O.O.O.O.O.O.O=[P+](OO)c1ccccc1.OOOPc1ccccc1.[O]=[Zr].[Zr]. The average Bonchev–Trinajstić information content (AvgIpc) is 2.63. The van der Waals surface area contributed by atoms with Gasteiger partial charge in [0.1, 0.15) is 0 Å². The van der Waals surface area contributed by atoms with Crippen molar-refractivity contribution in [3.63, 3.8) is 0 Å². The van der Waals surface area contributed by atoms with E-state index in [1.165, 1.54) is 0 Å². The van der Waals surface area contributed by atoms with E-state index in [0.717, 1.165) is 5.30 Å². The molecule has 200 valence electrons. The van der Waals surface area contributed by atoms with Crippen LogP contribution in [0, 0.1) is 0 Å². The molecule has 0 saturated heterocycles. The van der Waals surface area contributed by atoms with Crippen LogP contribution in [-0.2, 0) is 72.7 Å². The molecule has 0 aliphatic heterocycles. The molecule has 0 aromatic heterocycles. The van der Waals surface area contributed by atoms with Gasteiger partial charge in [0.25, 0.3) is 0 Å². The van der Waals surface area contributed by atoms with Gasteiger partial charge in [0.15, 0.2) is 0 Å². The molecule has 2 atom stereocenters. The van der Waals surface area contributed by atoms with E-state index in [1.807, 2.05) is 30.3 Å². The van der Waals surface area contributed by atoms with Crippen LogP contribution >= 0.6 is 41.6 Å². The summed E-state index contributed by atoms with van der Waals surface area (Å²) >= 11 is 0.300. The monoisotopic (exact) mass is 727 g/mol. The van der Waals surface area contributed by atoms with Crippen LogP contribution < -0.4 is 10.6 Å². The Bertz CT molecular complexity index is 541. The molecule has 18 N–H and O–H groups in total. The van der Waals surface area contributed by atoms with Crippen LogP contribution in [0.3, 0.4) is 0 Å². The minimum atomic E-state index is -2.07. The maximum atomic E-state index is 10.7. The van der Waals surface area contributed by atoms with E-state index in [-0.39, 0.29) is 104 Å². The summed E-state index contributed by atoms with van der Waals surface area (Å²) in [7, 11) is -2.04. The van der Waals surface area contributed by atoms with Crippen molar-refractivity contribution in [2.24, 2.45) is 0 Å². The largest absolute Gasteiger partial charge is 0 e. The third-order valence-corrected chi connectivity index (χ3v) is 3.61. The normalized spacial score (nSPS) is 6.76. The van der Waals surface area contributed by atoms with Gasteiger partial charge in [-0.05, 0) is 16.7 Å². The molecule has 15 nitrogen and oxygen atoms in total. The first kappa shape index (κ1) is 76.5. The van der Waals surface area contributed by atoms with E-state index in [9.17, 15) is 4.57 Å². The summed E-state index contributed by atoms with van der Waals surface area (Å²) in [6.07, 6.45) is 0. The summed E-state index contributed by atoms with van der Waals surface area (Å²) in [4.78, 5) is 0. The summed E-state index contributed by atoms with van der Waals surface area (Å²) < 4.78 is 27.0. The van der Waals surface area contributed by atoms with Crippen molar-refractivity contribution in [2.45, 2.75) is 0 Å². The van der Waals surface area contributed by atoms with Crippen molar-refractivity contribution in [2.75, 3.05) is 0 Å². The predicted molar refractivity (Wildman–Crippen MR) is 121 cm³/mol. The van der Waals surface area contributed by atoms with Crippen LogP contribution in [0.1, 0.15) is 0 Å². The van der Waals surface area contributed by atoms with Crippen LogP contribution in [0.4, 0.5) is 0 Å². The van der Waals surface area contributed by atoms with E-state index < -0.39 is 8.03 Å². The number of hydrogen-bond donors (Lipinski definition) is 2. The Morgan fingerprint density at radius 2 is 1.03 bits per heavy atom. The quantitative estimate of drug-likeness (QED) is 0.182. The van der Waals surface area contributed by atoms with Gasteiger partial charge >= 0.3 is 35.6 Å². The van der Waals surface area contributed by atoms with E-state index in [4.69, 9.17) is 13.3 Å². The number of benzene rings is 2. The summed E-state index contributed by atoms with van der Waals surface area (Å²) in [6.45, 7) is 0. The number of rotatable bonds is 5. The molecule has 0 bridgehead atoms. The average molecular weight is 731 g/mol. The molecular weight excluding hydrogens is 699 g/mol. The van der Waals surface area contributed by atoms with E-state index in [2.05, 4.69) is 14.4 Å². The Labute approximate surface area is 238 Å². The molecule has 0 radical (unpaired) electrons. The van der Waals surface area contributed by atoms with Gasteiger partial charge in [0, 0.05) is 36.2 Å². The molecule has 0 spiro atoms. The maximum absolute atomic E-state index is 10.7. The Morgan fingerprint density at radius 3 is 1.33 bits per heavy atom. The maximum Gasteiger partial charge on any atom is 0 e. The van der Waals surface area contributed by atoms with Crippen LogP contribution in [0.25, 0.3) is 0 Å². The van der Waals surface area contributed by atoms with Crippen molar-refractivity contribution >= 4 is 52.3 Å².